The first-order chi connectivity index (χ1) is 13.4. The van der Waals surface area contributed by atoms with Crippen LogP contribution in [-0.2, 0) is 23.1 Å². The molecule has 4 heterocycles. The molecule has 4 rings (SSSR count). The van der Waals surface area contributed by atoms with E-state index in [2.05, 4.69) is 33.8 Å². The van der Waals surface area contributed by atoms with E-state index >= 15 is 0 Å². The van der Waals surface area contributed by atoms with Gasteiger partial charge in [0.1, 0.15) is 5.82 Å². The van der Waals surface area contributed by atoms with Crippen LogP contribution in [0.5, 0.6) is 0 Å². The highest BCUT2D eigenvalue weighted by molar-refractivity contribution is 5.81. The second-order valence-corrected chi connectivity index (χ2v) is 8.37. The lowest BCUT2D eigenvalue weighted by Crippen LogP contribution is -2.57. The third-order valence-corrected chi connectivity index (χ3v) is 5.76. The number of hydrogen-bond acceptors (Lipinski definition) is 6. The van der Waals surface area contributed by atoms with Gasteiger partial charge < -0.3 is 9.64 Å². The normalized spacial score (nSPS) is 25.2. The zero-order valence-electron chi connectivity index (χ0n) is 16.8. The van der Waals surface area contributed by atoms with Gasteiger partial charge in [-0.25, -0.2) is 9.97 Å². The minimum absolute atomic E-state index is 0.106. The van der Waals surface area contributed by atoms with Crippen molar-refractivity contribution in [3.63, 3.8) is 0 Å². The summed E-state index contributed by atoms with van der Waals surface area (Å²) in [7, 11) is 1.91. The number of nitrogens with zero attached hydrogens (tertiary/aromatic N) is 6. The molecule has 2 fully saturated rings. The number of amides is 1. The zero-order chi connectivity index (χ0) is 19.7. The number of aromatic nitrogens is 4. The Kier molecular flexibility index (Phi) is 5.16. The number of carbonyl (C=O) groups is 1. The maximum atomic E-state index is 13.6. The average molecular weight is 384 g/mol. The van der Waals surface area contributed by atoms with Crippen molar-refractivity contribution >= 4 is 5.91 Å². The van der Waals surface area contributed by atoms with Crippen molar-refractivity contribution in [2.24, 2.45) is 13.0 Å². The molecule has 2 aliphatic heterocycles. The summed E-state index contributed by atoms with van der Waals surface area (Å²) in [4.78, 5) is 26.6. The Morgan fingerprint density at radius 1 is 1.29 bits per heavy atom. The van der Waals surface area contributed by atoms with Crippen LogP contribution in [0.15, 0.2) is 30.9 Å². The lowest BCUT2D eigenvalue weighted by molar-refractivity contribution is -0.150. The Labute approximate surface area is 165 Å². The topological polar surface area (TPSA) is 76.4 Å². The standard InChI is InChI=1S/C20H28N6O2/c1-20(2)14-28-8-7-26(20)19(27)17-12-25(13-18-21-5-4-6-22-18)11-16(17)15-9-23-24(3)10-15/h4-6,9-10,16-17H,7-8,11-14H2,1-3H3/t16-,17+/m0/s1. The van der Waals surface area contributed by atoms with Crippen molar-refractivity contribution < 1.29 is 9.53 Å². The van der Waals surface area contributed by atoms with E-state index in [0.717, 1.165) is 17.9 Å². The molecule has 8 nitrogen and oxygen atoms in total. The molecule has 2 aromatic rings. The molecule has 0 aromatic carbocycles. The van der Waals surface area contributed by atoms with Gasteiger partial charge in [-0.15, -0.1) is 0 Å². The molecule has 2 aliphatic rings. The summed E-state index contributed by atoms with van der Waals surface area (Å²) in [6.45, 7) is 8.11. The summed E-state index contributed by atoms with van der Waals surface area (Å²) in [5.41, 5.74) is 0.827. The van der Waals surface area contributed by atoms with Crippen LogP contribution >= 0.6 is 0 Å². The van der Waals surface area contributed by atoms with Crippen LogP contribution in [0.1, 0.15) is 31.2 Å². The number of hydrogen-bond donors (Lipinski definition) is 0. The van der Waals surface area contributed by atoms with Gasteiger partial charge in [0.05, 0.1) is 37.4 Å². The molecule has 1 amide bonds. The average Bonchev–Trinajstić information content (AvgIpc) is 3.28. The molecule has 0 radical (unpaired) electrons. The second-order valence-electron chi connectivity index (χ2n) is 8.37. The summed E-state index contributed by atoms with van der Waals surface area (Å²) >= 11 is 0. The number of rotatable bonds is 4. The molecule has 8 heteroatoms. The van der Waals surface area contributed by atoms with Gasteiger partial charge in [-0.1, -0.05) is 0 Å². The molecular formula is C20H28N6O2. The van der Waals surface area contributed by atoms with E-state index in [4.69, 9.17) is 4.74 Å². The minimum Gasteiger partial charge on any atom is -0.377 e. The zero-order valence-corrected chi connectivity index (χ0v) is 16.8. The molecule has 0 unspecified atom stereocenters. The third kappa shape index (κ3) is 3.79. The van der Waals surface area contributed by atoms with Gasteiger partial charge in [-0.05, 0) is 25.5 Å². The highest BCUT2D eigenvalue weighted by atomic mass is 16.5. The maximum absolute atomic E-state index is 13.6. The summed E-state index contributed by atoms with van der Waals surface area (Å²) in [6, 6.07) is 1.82. The minimum atomic E-state index is -0.287. The van der Waals surface area contributed by atoms with Crippen molar-refractivity contribution in [1.82, 2.24) is 29.5 Å². The van der Waals surface area contributed by atoms with Gasteiger partial charge >= 0.3 is 0 Å². The predicted octanol–water partition coefficient (Wildman–Crippen LogP) is 1.06. The maximum Gasteiger partial charge on any atom is 0.228 e. The van der Waals surface area contributed by atoms with E-state index in [1.54, 1.807) is 17.1 Å². The number of morpholine rings is 1. The van der Waals surface area contributed by atoms with Crippen LogP contribution in [0.25, 0.3) is 0 Å². The fraction of sp³-hybridized carbons (Fsp3) is 0.600. The quantitative estimate of drug-likeness (QED) is 0.785. The number of likely N-dealkylation sites (tertiary alicyclic amines) is 1. The van der Waals surface area contributed by atoms with Crippen molar-refractivity contribution in [2.75, 3.05) is 32.8 Å². The van der Waals surface area contributed by atoms with Crippen LogP contribution in [0.2, 0.25) is 0 Å². The van der Waals surface area contributed by atoms with Gasteiger partial charge in [-0.3, -0.25) is 14.4 Å². The molecule has 0 aliphatic carbocycles. The molecule has 2 atom stereocenters. The molecule has 0 bridgehead atoms. The van der Waals surface area contributed by atoms with Gasteiger partial charge in [0.15, 0.2) is 0 Å². The van der Waals surface area contributed by atoms with Crippen LogP contribution in [0, 0.1) is 5.92 Å². The van der Waals surface area contributed by atoms with Gasteiger partial charge in [-0.2, -0.15) is 5.10 Å². The molecule has 2 saturated heterocycles. The first-order valence-electron chi connectivity index (χ1n) is 9.80. The lowest BCUT2D eigenvalue weighted by atomic mass is 9.88. The Bertz CT molecular complexity index is 821. The molecule has 0 N–H and O–H groups in total. The highest BCUT2D eigenvalue weighted by Gasteiger charge is 2.44. The van der Waals surface area contributed by atoms with Crippen molar-refractivity contribution in [1.29, 1.82) is 0 Å². The Balaban J connectivity index is 1.57. The SMILES string of the molecule is Cn1cc([C@@H]2CN(Cc3ncccn3)C[C@H]2C(=O)N2CCOCC2(C)C)cn1. The van der Waals surface area contributed by atoms with Crippen molar-refractivity contribution in [2.45, 2.75) is 31.8 Å². The molecule has 0 saturated carbocycles. The summed E-state index contributed by atoms with van der Waals surface area (Å²) in [5, 5.41) is 4.33. The van der Waals surface area contributed by atoms with Gasteiger partial charge in [0, 0.05) is 51.2 Å². The fourth-order valence-electron chi connectivity index (χ4n) is 4.31. The fourth-order valence-corrected chi connectivity index (χ4v) is 4.31. The predicted molar refractivity (Wildman–Crippen MR) is 103 cm³/mol. The smallest absolute Gasteiger partial charge is 0.228 e. The Morgan fingerprint density at radius 3 is 2.75 bits per heavy atom. The Hall–Kier alpha value is -2.32. The molecule has 150 valence electrons. The van der Waals surface area contributed by atoms with Crippen LogP contribution in [0.3, 0.4) is 0 Å². The molecule has 28 heavy (non-hydrogen) atoms. The van der Waals surface area contributed by atoms with E-state index < -0.39 is 0 Å². The van der Waals surface area contributed by atoms with E-state index in [1.165, 1.54) is 0 Å². The summed E-state index contributed by atoms with van der Waals surface area (Å²) < 4.78 is 7.41. The van der Waals surface area contributed by atoms with Crippen molar-refractivity contribution in [3.8, 4) is 0 Å². The summed E-state index contributed by atoms with van der Waals surface area (Å²) in [5.74, 6) is 1.000. The Morgan fingerprint density at radius 2 is 2.07 bits per heavy atom. The summed E-state index contributed by atoms with van der Waals surface area (Å²) in [6.07, 6.45) is 7.43. The number of aryl methyl sites for hydroxylation is 1. The lowest BCUT2D eigenvalue weighted by Gasteiger charge is -2.43. The first kappa shape index (κ1) is 19.0. The van der Waals surface area contributed by atoms with Crippen LogP contribution in [-0.4, -0.2) is 73.8 Å². The van der Waals surface area contributed by atoms with E-state index in [9.17, 15) is 4.79 Å². The van der Waals surface area contributed by atoms with E-state index in [0.29, 0.717) is 32.8 Å². The molecular weight excluding hydrogens is 356 g/mol. The highest BCUT2D eigenvalue weighted by Crippen LogP contribution is 2.36. The van der Waals surface area contributed by atoms with Gasteiger partial charge in [0.25, 0.3) is 0 Å². The third-order valence-electron chi connectivity index (χ3n) is 5.76. The monoisotopic (exact) mass is 384 g/mol. The first-order valence-corrected chi connectivity index (χ1v) is 9.80. The van der Waals surface area contributed by atoms with E-state index in [1.807, 2.05) is 30.4 Å². The molecule has 0 spiro atoms. The van der Waals surface area contributed by atoms with Crippen LogP contribution < -0.4 is 0 Å². The largest absolute Gasteiger partial charge is 0.377 e. The number of ether oxygens (including phenoxy) is 1. The second kappa shape index (κ2) is 7.60. The number of carbonyl (C=O) groups excluding carboxylic acids is 1. The van der Waals surface area contributed by atoms with E-state index in [-0.39, 0.29) is 23.3 Å². The molecule has 2 aromatic heterocycles. The van der Waals surface area contributed by atoms with Crippen molar-refractivity contribution in [3.05, 3.63) is 42.2 Å². The van der Waals surface area contributed by atoms with Crippen LogP contribution in [0.4, 0.5) is 0 Å². The van der Waals surface area contributed by atoms with Gasteiger partial charge in [0.2, 0.25) is 5.91 Å².